The van der Waals surface area contributed by atoms with E-state index in [2.05, 4.69) is 47.5 Å². The minimum Gasteiger partial charge on any atom is -0.299 e. The topological polar surface area (TPSA) is 45.8 Å². The van der Waals surface area contributed by atoms with Crippen LogP contribution in [0.5, 0.6) is 0 Å². The zero-order valence-electron chi connectivity index (χ0n) is 12.3. The van der Waals surface area contributed by atoms with Crippen molar-refractivity contribution in [3.05, 3.63) is 53.3 Å². The Balaban J connectivity index is 1.95. The average Bonchev–Trinajstić information content (AvgIpc) is 3.01. The van der Waals surface area contributed by atoms with Gasteiger partial charge < -0.3 is 0 Å². The van der Waals surface area contributed by atoms with E-state index in [-0.39, 0.29) is 11.3 Å². The predicted molar refractivity (Wildman–Crippen MR) is 81.0 cm³/mol. The molecule has 2 aliphatic rings. The monoisotopic (exact) mass is 280 g/mol. The summed E-state index contributed by atoms with van der Waals surface area (Å²) in [6.45, 7) is 2.12. The number of benzene rings is 1. The van der Waals surface area contributed by atoms with Crippen LogP contribution in [0.3, 0.4) is 0 Å². The van der Waals surface area contributed by atoms with E-state index in [1.165, 1.54) is 16.8 Å². The molecule has 108 valence electrons. The van der Waals surface area contributed by atoms with Crippen LogP contribution in [0.4, 0.5) is 0 Å². The van der Waals surface area contributed by atoms with E-state index in [4.69, 9.17) is 0 Å². The van der Waals surface area contributed by atoms with Crippen molar-refractivity contribution in [3.8, 4) is 0 Å². The lowest BCUT2D eigenvalue weighted by molar-refractivity contribution is -0.128. The van der Waals surface area contributed by atoms with Crippen molar-refractivity contribution >= 4 is 5.78 Å². The molecule has 1 aromatic carbocycles. The van der Waals surface area contributed by atoms with Crippen molar-refractivity contribution in [2.75, 3.05) is 0 Å². The van der Waals surface area contributed by atoms with Crippen LogP contribution < -0.4 is 0 Å². The maximum atomic E-state index is 12.2. The Morgan fingerprint density at radius 3 is 2.86 bits per heavy atom. The van der Waals surface area contributed by atoms with Crippen molar-refractivity contribution in [3.63, 3.8) is 0 Å². The molecule has 3 atom stereocenters. The molecule has 3 nitrogen and oxygen atoms in total. The number of aryl methyl sites for hydroxylation is 1. The SMILES string of the molecule is C[C@@H]1C(=O)CC[C@]2(c3ccccc3)c3[nH]ncc3CC[C@@H]12. The Hall–Kier alpha value is -1.90. The van der Waals surface area contributed by atoms with Crippen LogP contribution in [-0.4, -0.2) is 16.0 Å². The Kier molecular flexibility index (Phi) is 2.78. The summed E-state index contributed by atoms with van der Waals surface area (Å²) in [5.74, 6) is 0.944. The van der Waals surface area contributed by atoms with Gasteiger partial charge in [-0.1, -0.05) is 37.3 Å². The van der Waals surface area contributed by atoms with Crippen LogP contribution >= 0.6 is 0 Å². The number of carbonyl (C=O) groups is 1. The molecule has 1 N–H and O–H groups in total. The molecule has 3 heteroatoms. The molecule has 4 rings (SSSR count). The highest BCUT2D eigenvalue weighted by molar-refractivity contribution is 5.83. The van der Waals surface area contributed by atoms with Crippen molar-refractivity contribution < 1.29 is 4.79 Å². The van der Waals surface area contributed by atoms with Gasteiger partial charge in [0.15, 0.2) is 0 Å². The van der Waals surface area contributed by atoms with Gasteiger partial charge in [0.05, 0.1) is 6.20 Å². The third kappa shape index (κ3) is 1.66. The van der Waals surface area contributed by atoms with Gasteiger partial charge in [0.2, 0.25) is 0 Å². The summed E-state index contributed by atoms with van der Waals surface area (Å²) < 4.78 is 0. The van der Waals surface area contributed by atoms with E-state index < -0.39 is 0 Å². The van der Waals surface area contributed by atoms with Crippen molar-refractivity contribution in [2.45, 2.75) is 38.0 Å². The molecule has 1 saturated carbocycles. The number of hydrogen-bond acceptors (Lipinski definition) is 2. The lowest BCUT2D eigenvalue weighted by Crippen LogP contribution is -2.49. The van der Waals surface area contributed by atoms with E-state index in [9.17, 15) is 4.79 Å². The molecule has 0 spiro atoms. The van der Waals surface area contributed by atoms with Crippen LogP contribution in [0.25, 0.3) is 0 Å². The van der Waals surface area contributed by atoms with Crippen molar-refractivity contribution in [2.24, 2.45) is 11.8 Å². The first kappa shape index (κ1) is 12.8. The Morgan fingerprint density at radius 2 is 2.05 bits per heavy atom. The summed E-state index contributed by atoms with van der Waals surface area (Å²) in [5.41, 5.74) is 3.86. The molecule has 0 radical (unpaired) electrons. The lowest BCUT2D eigenvalue weighted by atomic mass is 9.53. The van der Waals surface area contributed by atoms with Gasteiger partial charge in [-0.15, -0.1) is 0 Å². The number of nitrogens with one attached hydrogen (secondary N) is 1. The summed E-state index contributed by atoms with van der Waals surface area (Å²) in [6, 6.07) is 10.7. The van der Waals surface area contributed by atoms with Gasteiger partial charge in [0, 0.05) is 23.4 Å². The standard InChI is InChI=1S/C18H20N2O/c1-12-15-8-7-13-11-19-20-17(13)18(15,10-9-16(12)21)14-5-3-2-4-6-14/h2-6,11-12,15H,7-10H2,1H3,(H,19,20)/t12-,15-,18+/m0/s1. The Labute approximate surface area is 124 Å². The van der Waals surface area contributed by atoms with Gasteiger partial charge in [0.25, 0.3) is 0 Å². The molecule has 0 bridgehead atoms. The fourth-order valence-corrected chi connectivity index (χ4v) is 4.63. The Bertz CT molecular complexity index is 676. The molecule has 1 fully saturated rings. The molecule has 1 aromatic heterocycles. The zero-order chi connectivity index (χ0) is 14.4. The number of nitrogens with zero attached hydrogens (tertiary/aromatic N) is 1. The molecule has 1 heterocycles. The molecule has 0 unspecified atom stereocenters. The van der Waals surface area contributed by atoms with E-state index in [1.807, 2.05) is 6.20 Å². The number of aromatic amines is 1. The molecule has 21 heavy (non-hydrogen) atoms. The zero-order valence-corrected chi connectivity index (χ0v) is 12.3. The van der Waals surface area contributed by atoms with Gasteiger partial charge in [-0.2, -0.15) is 5.10 Å². The molecule has 2 aromatic rings. The number of fused-ring (bicyclic) bond motifs is 3. The number of ketones is 1. The van der Waals surface area contributed by atoms with Gasteiger partial charge in [-0.25, -0.2) is 0 Å². The normalized spacial score (nSPS) is 31.6. The maximum absolute atomic E-state index is 12.2. The number of H-pyrrole nitrogens is 1. The first-order valence-corrected chi connectivity index (χ1v) is 7.84. The predicted octanol–water partition coefficient (Wildman–Crippen LogP) is 3.26. The number of aromatic nitrogens is 2. The molecular formula is C18H20N2O. The van der Waals surface area contributed by atoms with E-state index in [0.29, 0.717) is 18.1 Å². The number of rotatable bonds is 1. The van der Waals surface area contributed by atoms with Crippen LogP contribution in [0.15, 0.2) is 36.5 Å². The van der Waals surface area contributed by atoms with E-state index >= 15 is 0 Å². The number of hydrogen-bond donors (Lipinski definition) is 1. The third-order valence-corrected chi connectivity index (χ3v) is 5.69. The minimum atomic E-state index is -0.0569. The van der Waals surface area contributed by atoms with Crippen molar-refractivity contribution in [1.29, 1.82) is 0 Å². The summed E-state index contributed by atoms with van der Waals surface area (Å²) in [7, 11) is 0. The second-order valence-electron chi connectivity index (χ2n) is 6.51. The molecule has 0 amide bonds. The van der Waals surface area contributed by atoms with Crippen molar-refractivity contribution in [1.82, 2.24) is 10.2 Å². The van der Waals surface area contributed by atoms with E-state index in [0.717, 1.165) is 19.3 Å². The summed E-state index contributed by atoms with van der Waals surface area (Å²) >= 11 is 0. The Morgan fingerprint density at radius 1 is 1.24 bits per heavy atom. The smallest absolute Gasteiger partial charge is 0.136 e. The summed E-state index contributed by atoms with van der Waals surface area (Å²) in [4.78, 5) is 12.2. The lowest BCUT2D eigenvalue weighted by Gasteiger charge is -2.49. The van der Waals surface area contributed by atoms with Gasteiger partial charge in [-0.05, 0) is 36.3 Å². The molecule has 0 aliphatic heterocycles. The van der Waals surface area contributed by atoms with Gasteiger partial charge in [0.1, 0.15) is 5.78 Å². The van der Waals surface area contributed by atoms with Crippen LogP contribution in [-0.2, 0) is 16.6 Å². The summed E-state index contributed by atoms with van der Waals surface area (Å²) in [6.07, 6.45) is 5.65. The fraction of sp³-hybridized carbons (Fsp3) is 0.444. The largest absolute Gasteiger partial charge is 0.299 e. The molecule has 0 saturated heterocycles. The van der Waals surface area contributed by atoms with Gasteiger partial charge >= 0.3 is 0 Å². The second kappa shape index (κ2) is 4.55. The van der Waals surface area contributed by atoms with Crippen LogP contribution in [0, 0.1) is 11.8 Å². The third-order valence-electron chi connectivity index (χ3n) is 5.69. The average molecular weight is 280 g/mol. The minimum absolute atomic E-state index is 0.0569. The molecule has 2 aliphatic carbocycles. The highest BCUT2D eigenvalue weighted by atomic mass is 16.1. The van der Waals surface area contributed by atoms with Gasteiger partial charge in [-0.3, -0.25) is 9.89 Å². The number of carbonyl (C=O) groups excluding carboxylic acids is 1. The van der Waals surface area contributed by atoms with Crippen LogP contribution in [0.1, 0.15) is 43.0 Å². The van der Waals surface area contributed by atoms with Crippen LogP contribution in [0.2, 0.25) is 0 Å². The quantitative estimate of drug-likeness (QED) is 0.871. The highest BCUT2D eigenvalue weighted by Crippen LogP contribution is 2.54. The summed E-state index contributed by atoms with van der Waals surface area (Å²) in [5, 5.41) is 7.57. The first-order valence-electron chi connectivity index (χ1n) is 7.84. The van der Waals surface area contributed by atoms with E-state index in [1.54, 1.807) is 0 Å². The molecular weight excluding hydrogens is 260 g/mol. The first-order chi connectivity index (χ1) is 10.2. The fourth-order valence-electron chi connectivity index (χ4n) is 4.63. The highest BCUT2D eigenvalue weighted by Gasteiger charge is 2.52. The number of Topliss-reactive ketones (excluding diaryl/α,β-unsaturated/α-hetero) is 1. The maximum Gasteiger partial charge on any atom is 0.136 e. The second-order valence-corrected chi connectivity index (χ2v) is 6.51.